The highest BCUT2D eigenvalue weighted by molar-refractivity contribution is 6.07. The predicted molar refractivity (Wildman–Crippen MR) is 95.1 cm³/mol. The molecule has 0 radical (unpaired) electrons. The fourth-order valence-electron chi connectivity index (χ4n) is 7.27. The average molecular weight is 346 g/mol. The first-order chi connectivity index (χ1) is 11.8. The third-order valence-electron chi connectivity index (χ3n) is 8.65. The van der Waals surface area contributed by atoms with Gasteiger partial charge in [-0.15, -0.1) is 0 Å². The average Bonchev–Trinajstić information content (AvgIpc) is 2.94. The molecule has 0 spiro atoms. The molecular formula is C21H30O4. The maximum absolute atomic E-state index is 12.0. The molecule has 3 fully saturated rings. The summed E-state index contributed by atoms with van der Waals surface area (Å²) >= 11 is 0. The van der Waals surface area contributed by atoms with Gasteiger partial charge in [-0.2, -0.15) is 0 Å². The van der Waals surface area contributed by atoms with E-state index in [0.29, 0.717) is 29.2 Å². The number of hydrogen-bond donors (Lipinski definition) is 3. The van der Waals surface area contributed by atoms with Crippen LogP contribution in [0, 0.1) is 34.5 Å². The van der Waals surface area contributed by atoms with Crippen molar-refractivity contribution in [1.82, 2.24) is 0 Å². The van der Waals surface area contributed by atoms with Crippen LogP contribution in [-0.4, -0.2) is 21.1 Å². The van der Waals surface area contributed by atoms with E-state index in [1.54, 1.807) is 0 Å². The molecule has 0 heterocycles. The van der Waals surface area contributed by atoms with Gasteiger partial charge in [0.15, 0.2) is 5.76 Å². The van der Waals surface area contributed by atoms with Crippen LogP contribution in [0.3, 0.4) is 0 Å². The highest BCUT2D eigenvalue weighted by atomic mass is 16.3. The number of ketones is 1. The van der Waals surface area contributed by atoms with Crippen LogP contribution in [0.25, 0.3) is 0 Å². The minimum Gasteiger partial charge on any atom is -0.507 e. The lowest BCUT2D eigenvalue weighted by molar-refractivity contribution is -0.119. The van der Waals surface area contributed by atoms with Crippen molar-refractivity contribution in [2.45, 2.75) is 65.7 Å². The quantitative estimate of drug-likeness (QED) is 0.626. The Morgan fingerprint density at radius 1 is 1.00 bits per heavy atom. The second kappa shape index (κ2) is 5.28. The number of hydrogen-bond acceptors (Lipinski definition) is 4. The van der Waals surface area contributed by atoms with Gasteiger partial charge in [0.1, 0.15) is 5.76 Å². The Bertz CT molecular complexity index is 690. The molecule has 4 rings (SSSR count). The zero-order valence-corrected chi connectivity index (χ0v) is 15.5. The summed E-state index contributed by atoms with van der Waals surface area (Å²) in [6.07, 6.45) is 7.47. The summed E-state index contributed by atoms with van der Waals surface area (Å²) < 4.78 is 0. The number of carbonyl (C=O) groups excluding carboxylic acids is 1. The minimum absolute atomic E-state index is 0.183. The van der Waals surface area contributed by atoms with E-state index < -0.39 is 17.0 Å². The minimum atomic E-state index is -0.823. The van der Waals surface area contributed by atoms with E-state index in [0.717, 1.165) is 25.2 Å². The monoisotopic (exact) mass is 346 g/mol. The molecule has 0 aliphatic heterocycles. The van der Waals surface area contributed by atoms with E-state index in [1.807, 2.05) is 6.92 Å². The third-order valence-corrected chi connectivity index (χ3v) is 8.65. The second-order valence-electron chi connectivity index (χ2n) is 9.20. The van der Waals surface area contributed by atoms with Gasteiger partial charge in [0, 0.05) is 0 Å². The lowest BCUT2D eigenvalue weighted by Crippen LogP contribution is -2.52. The summed E-state index contributed by atoms with van der Waals surface area (Å²) in [6, 6.07) is 0. The number of aliphatic hydroxyl groups excluding tert-OH is 3. The van der Waals surface area contributed by atoms with Crippen molar-refractivity contribution in [2.75, 3.05) is 0 Å². The Morgan fingerprint density at radius 2 is 1.72 bits per heavy atom. The first kappa shape index (κ1) is 17.0. The summed E-state index contributed by atoms with van der Waals surface area (Å²) in [5, 5.41) is 31.2. The zero-order valence-electron chi connectivity index (χ0n) is 15.5. The van der Waals surface area contributed by atoms with Crippen molar-refractivity contribution >= 4 is 5.78 Å². The molecule has 4 heteroatoms. The van der Waals surface area contributed by atoms with Crippen molar-refractivity contribution in [3.63, 3.8) is 0 Å². The number of fused-ring (bicyclic) bond motifs is 5. The van der Waals surface area contributed by atoms with E-state index in [2.05, 4.69) is 13.8 Å². The van der Waals surface area contributed by atoms with Gasteiger partial charge < -0.3 is 15.3 Å². The Hall–Kier alpha value is -1.45. The van der Waals surface area contributed by atoms with E-state index >= 15 is 0 Å². The highest BCUT2D eigenvalue weighted by Gasteiger charge is 2.61. The predicted octanol–water partition coefficient (Wildman–Crippen LogP) is 4.98. The molecule has 0 saturated heterocycles. The number of Topliss-reactive ketones (excluding diaryl/α,β-unsaturated/α-hetero) is 1. The van der Waals surface area contributed by atoms with Gasteiger partial charge in [-0.05, 0) is 80.1 Å². The molecule has 4 nitrogen and oxygen atoms in total. The lowest BCUT2D eigenvalue weighted by atomic mass is 9.47. The van der Waals surface area contributed by atoms with Crippen LogP contribution in [0.2, 0.25) is 0 Å². The summed E-state index contributed by atoms with van der Waals surface area (Å²) in [4.78, 5) is 12.0. The van der Waals surface area contributed by atoms with Gasteiger partial charge in [0.05, 0.1) is 5.41 Å². The molecule has 0 amide bonds. The first-order valence-corrected chi connectivity index (χ1v) is 9.86. The van der Waals surface area contributed by atoms with Crippen molar-refractivity contribution in [2.24, 2.45) is 34.5 Å². The summed E-state index contributed by atoms with van der Waals surface area (Å²) in [7, 11) is 0. The molecule has 138 valence electrons. The molecule has 4 aliphatic carbocycles. The van der Waals surface area contributed by atoms with Crippen molar-refractivity contribution in [3.8, 4) is 0 Å². The van der Waals surface area contributed by atoms with E-state index in [4.69, 9.17) is 0 Å². The van der Waals surface area contributed by atoms with E-state index in [9.17, 15) is 20.1 Å². The Balaban J connectivity index is 1.77. The van der Waals surface area contributed by atoms with Crippen LogP contribution in [0.1, 0.15) is 65.7 Å². The fraction of sp³-hybridized carbons (Fsp3) is 0.762. The molecule has 25 heavy (non-hydrogen) atoms. The van der Waals surface area contributed by atoms with Crippen LogP contribution < -0.4 is 0 Å². The standard InChI is InChI=1S/C21H30O4/c1-4-11-5-7-13-12-6-8-15-16(22)17(23)18(24)19(25)21(15,3)14(12)9-10-20(11,13)2/h11-14,22,24-25H,4-10H2,1-3H3/t11-,12-,13-,14-,20+,21+/m0/s1. The van der Waals surface area contributed by atoms with E-state index in [1.165, 1.54) is 19.3 Å². The van der Waals surface area contributed by atoms with Crippen LogP contribution in [-0.2, 0) is 4.79 Å². The topological polar surface area (TPSA) is 77.8 Å². The zero-order chi connectivity index (χ0) is 18.1. The normalized spacial score (nSPS) is 46.8. The van der Waals surface area contributed by atoms with Crippen LogP contribution >= 0.6 is 0 Å². The molecule has 0 bridgehead atoms. The van der Waals surface area contributed by atoms with Crippen molar-refractivity contribution in [3.05, 3.63) is 22.9 Å². The van der Waals surface area contributed by atoms with Gasteiger partial charge in [-0.3, -0.25) is 4.79 Å². The number of carbonyl (C=O) groups is 1. The number of aliphatic hydroxyl groups is 3. The Morgan fingerprint density at radius 3 is 2.40 bits per heavy atom. The van der Waals surface area contributed by atoms with Gasteiger partial charge in [-0.25, -0.2) is 0 Å². The van der Waals surface area contributed by atoms with Gasteiger partial charge in [0.25, 0.3) is 5.78 Å². The molecule has 3 saturated carbocycles. The van der Waals surface area contributed by atoms with Gasteiger partial charge in [0.2, 0.25) is 5.76 Å². The summed E-state index contributed by atoms with van der Waals surface area (Å²) in [5.41, 5.74) is 0.223. The van der Waals surface area contributed by atoms with Gasteiger partial charge >= 0.3 is 0 Å². The molecule has 0 unspecified atom stereocenters. The molecular weight excluding hydrogens is 316 g/mol. The summed E-state index contributed by atoms with van der Waals surface area (Å²) in [6.45, 7) is 6.67. The van der Waals surface area contributed by atoms with Crippen LogP contribution in [0.4, 0.5) is 0 Å². The second-order valence-corrected chi connectivity index (χ2v) is 9.20. The van der Waals surface area contributed by atoms with Gasteiger partial charge in [-0.1, -0.05) is 20.3 Å². The smallest absolute Gasteiger partial charge is 0.265 e. The molecule has 0 aromatic rings. The number of rotatable bonds is 1. The summed E-state index contributed by atoms with van der Waals surface area (Å²) in [5.74, 6) is 0.0661. The Labute approximate surface area is 149 Å². The largest absolute Gasteiger partial charge is 0.507 e. The molecule has 0 aromatic carbocycles. The number of allylic oxidation sites excluding steroid dienone is 1. The maximum atomic E-state index is 12.0. The fourth-order valence-corrected chi connectivity index (χ4v) is 7.27. The maximum Gasteiger partial charge on any atom is 0.265 e. The molecule has 6 atom stereocenters. The highest BCUT2D eigenvalue weighted by Crippen LogP contribution is 2.67. The third kappa shape index (κ3) is 1.91. The van der Waals surface area contributed by atoms with Crippen molar-refractivity contribution in [1.29, 1.82) is 0 Å². The van der Waals surface area contributed by atoms with Crippen molar-refractivity contribution < 1.29 is 20.1 Å². The lowest BCUT2D eigenvalue weighted by Gasteiger charge is -2.57. The first-order valence-electron chi connectivity index (χ1n) is 9.86. The molecule has 0 aromatic heterocycles. The SMILES string of the molecule is CC[C@H]1CC[C@H]2[C@@H]3CCC4=C(O)C(=O)C(O)=C(O)[C@]4(C)[C@H]3CC[C@]12C. The van der Waals surface area contributed by atoms with Crippen LogP contribution in [0.5, 0.6) is 0 Å². The Kier molecular flexibility index (Phi) is 3.59. The van der Waals surface area contributed by atoms with E-state index in [-0.39, 0.29) is 17.4 Å². The molecule has 4 aliphatic rings. The van der Waals surface area contributed by atoms with Crippen LogP contribution in [0.15, 0.2) is 22.9 Å². The molecule has 3 N–H and O–H groups in total.